The normalized spacial score (nSPS) is 15.5. The maximum Gasteiger partial charge on any atom is 0.410 e. The summed E-state index contributed by atoms with van der Waals surface area (Å²) in [6.45, 7) is 9.78. The van der Waals surface area contributed by atoms with Crippen LogP contribution in [0.5, 0.6) is 5.75 Å². The molecule has 1 amide bonds. The minimum Gasteiger partial charge on any atom is -0.487 e. The summed E-state index contributed by atoms with van der Waals surface area (Å²) in [6.07, 6.45) is -0.225. The maximum atomic E-state index is 11.9. The Hall–Kier alpha value is -1.75. The van der Waals surface area contributed by atoms with Crippen molar-refractivity contribution in [3.63, 3.8) is 0 Å². The van der Waals surface area contributed by atoms with Gasteiger partial charge in [-0.05, 0) is 65.0 Å². The summed E-state index contributed by atoms with van der Waals surface area (Å²) in [5.41, 5.74) is 2.06. The third-order valence-corrected chi connectivity index (χ3v) is 3.60. The minimum atomic E-state index is -0.456. The average molecular weight is 320 g/mol. The quantitative estimate of drug-likeness (QED) is 0.855. The van der Waals surface area contributed by atoms with Crippen molar-refractivity contribution in [3.8, 4) is 5.75 Å². The molecular weight excluding hydrogens is 292 g/mol. The molecule has 1 fully saturated rings. The number of likely N-dealkylation sites (tertiary alicyclic amines) is 1. The Morgan fingerprint density at radius 3 is 2.48 bits per heavy atom. The van der Waals surface area contributed by atoms with E-state index in [-0.39, 0.29) is 12.2 Å². The van der Waals surface area contributed by atoms with Gasteiger partial charge in [-0.1, -0.05) is 6.07 Å². The summed E-state index contributed by atoms with van der Waals surface area (Å²) in [5.74, 6) is 0.860. The predicted octanol–water partition coefficient (Wildman–Crippen LogP) is 3.05. The van der Waals surface area contributed by atoms with Gasteiger partial charge in [-0.15, -0.1) is 0 Å². The second-order valence-corrected chi connectivity index (χ2v) is 7.45. The van der Waals surface area contributed by atoms with E-state index < -0.39 is 5.60 Å². The zero-order valence-electron chi connectivity index (χ0n) is 15.0. The molecule has 23 heavy (non-hydrogen) atoms. The Morgan fingerprint density at radius 1 is 1.30 bits per heavy atom. The van der Waals surface area contributed by atoms with Crippen molar-refractivity contribution in [2.75, 3.05) is 27.2 Å². The second-order valence-electron chi connectivity index (χ2n) is 7.45. The van der Waals surface area contributed by atoms with Crippen molar-refractivity contribution in [1.82, 2.24) is 9.80 Å². The van der Waals surface area contributed by atoms with Gasteiger partial charge < -0.3 is 19.3 Å². The standard InChI is InChI=1S/C18H28N2O3/c1-13-9-15(8-7-14(13)10-19(5)6)22-16-11-20(12-16)17(21)23-18(2,3)4/h7-9,16H,10-12H2,1-6H3. The number of benzene rings is 1. The summed E-state index contributed by atoms with van der Waals surface area (Å²) in [7, 11) is 4.12. The van der Waals surface area contributed by atoms with Crippen molar-refractivity contribution in [3.05, 3.63) is 29.3 Å². The fraction of sp³-hybridized carbons (Fsp3) is 0.611. The molecule has 5 nitrogen and oxygen atoms in total. The third-order valence-electron chi connectivity index (χ3n) is 3.60. The molecule has 0 saturated carbocycles. The van der Waals surface area contributed by atoms with E-state index in [0.29, 0.717) is 13.1 Å². The van der Waals surface area contributed by atoms with Crippen molar-refractivity contribution in [1.29, 1.82) is 0 Å². The summed E-state index contributed by atoms with van der Waals surface area (Å²) in [4.78, 5) is 15.7. The molecule has 128 valence electrons. The van der Waals surface area contributed by atoms with Crippen LogP contribution < -0.4 is 4.74 Å². The molecule has 0 bridgehead atoms. The molecule has 2 rings (SSSR count). The molecule has 0 aliphatic carbocycles. The molecule has 1 aliphatic rings. The number of carbonyl (C=O) groups excluding carboxylic acids is 1. The van der Waals surface area contributed by atoms with Crippen LogP contribution >= 0.6 is 0 Å². The summed E-state index contributed by atoms with van der Waals surface area (Å²) >= 11 is 0. The fourth-order valence-electron chi connectivity index (χ4n) is 2.44. The Kier molecular flexibility index (Phi) is 5.19. The van der Waals surface area contributed by atoms with Crippen LogP contribution in [0.25, 0.3) is 0 Å². The molecule has 1 aromatic carbocycles. The first-order valence-corrected chi connectivity index (χ1v) is 8.03. The van der Waals surface area contributed by atoms with E-state index >= 15 is 0 Å². The van der Waals surface area contributed by atoms with E-state index in [9.17, 15) is 4.79 Å². The highest BCUT2D eigenvalue weighted by atomic mass is 16.6. The van der Waals surface area contributed by atoms with E-state index in [1.54, 1.807) is 4.90 Å². The lowest BCUT2D eigenvalue weighted by Crippen LogP contribution is -2.57. The molecule has 1 heterocycles. The largest absolute Gasteiger partial charge is 0.487 e. The van der Waals surface area contributed by atoms with Gasteiger partial charge in [0.1, 0.15) is 17.5 Å². The van der Waals surface area contributed by atoms with Gasteiger partial charge in [-0.3, -0.25) is 0 Å². The molecule has 1 saturated heterocycles. The van der Waals surface area contributed by atoms with E-state index in [2.05, 4.69) is 38.1 Å². The molecular formula is C18H28N2O3. The van der Waals surface area contributed by atoms with Crippen molar-refractivity contribution in [2.24, 2.45) is 0 Å². The average Bonchev–Trinajstić information content (AvgIpc) is 2.33. The van der Waals surface area contributed by atoms with Crippen molar-refractivity contribution in [2.45, 2.75) is 45.9 Å². The second kappa shape index (κ2) is 6.79. The molecule has 0 unspecified atom stereocenters. The van der Waals surface area contributed by atoms with Gasteiger partial charge in [-0.2, -0.15) is 0 Å². The van der Waals surface area contributed by atoms with Crippen LogP contribution in [0, 0.1) is 6.92 Å². The van der Waals surface area contributed by atoms with Gasteiger partial charge in [0.15, 0.2) is 0 Å². The Bertz CT molecular complexity index is 558. The smallest absolute Gasteiger partial charge is 0.410 e. The van der Waals surface area contributed by atoms with Crippen molar-refractivity contribution < 1.29 is 14.3 Å². The number of hydrogen-bond acceptors (Lipinski definition) is 4. The van der Waals surface area contributed by atoms with Crippen LogP contribution in [0.1, 0.15) is 31.9 Å². The topological polar surface area (TPSA) is 42.0 Å². The number of amides is 1. The molecule has 0 N–H and O–H groups in total. The molecule has 0 aromatic heterocycles. The van der Waals surface area contributed by atoms with Gasteiger partial charge in [0.2, 0.25) is 0 Å². The molecule has 1 aromatic rings. The minimum absolute atomic E-state index is 0.0432. The highest BCUT2D eigenvalue weighted by molar-refractivity contribution is 5.69. The highest BCUT2D eigenvalue weighted by Gasteiger charge is 2.35. The number of hydrogen-bond donors (Lipinski definition) is 0. The Labute approximate surface area is 139 Å². The first-order valence-electron chi connectivity index (χ1n) is 8.03. The van der Waals surface area contributed by atoms with Crippen LogP contribution in [0.3, 0.4) is 0 Å². The first-order chi connectivity index (χ1) is 10.6. The molecule has 0 atom stereocenters. The lowest BCUT2D eigenvalue weighted by Gasteiger charge is -2.39. The lowest BCUT2D eigenvalue weighted by atomic mass is 10.1. The molecule has 5 heteroatoms. The first kappa shape index (κ1) is 17.6. The Balaban J connectivity index is 1.84. The zero-order chi connectivity index (χ0) is 17.2. The van der Waals surface area contributed by atoms with Crippen LogP contribution in [0.2, 0.25) is 0 Å². The summed E-state index contributed by atoms with van der Waals surface area (Å²) < 4.78 is 11.3. The van der Waals surface area contributed by atoms with Gasteiger partial charge >= 0.3 is 6.09 Å². The molecule has 1 aliphatic heterocycles. The van der Waals surface area contributed by atoms with E-state index in [1.165, 1.54) is 11.1 Å². The highest BCUT2D eigenvalue weighted by Crippen LogP contribution is 2.23. The van der Waals surface area contributed by atoms with Gasteiger partial charge in [0.05, 0.1) is 13.1 Å². The number of aryl methyl sites for hydroxylation is 1. The fourth-order valence-corrected chi connectivity index (χ4v) is 2.44. The van der Waals surface area contributed by atoms with Gasteiger partial charge in [-0.25, -0.2) is 4.79 Å². The number of ether oxygens (including phenoxy) is 2. The summed E-state index contributed by atoms with van der Waals surface area (Å²) in [6, 6.07) is 6.17. The van der Waals surface area contributed by atoms with E-state index in [0.717, 1.165) is 12.3 Å². The van der Waals surface area contributed by atoms with Crippen LogP contribution in [0.15, 0.2) is 18.2 Å². The summed E-state index contributed by atoms with van der Waals surface area (Å²) in [5, 5.41) is 0. The lowest BCUT2D eigenvalue weighted by molar-refractivity contribution is -0.0221. The van der Waals surface area contributed by atoms with E-state index in [1.807, 2.05) is 26.8 Å². The third kappa shape index (κ3) is 5.13. The zero-order valence-corrected chi connectivity index (χ0v) is 15.0. The SMILES string of the molecule is Cc1cc(OC2CN(C(=O)OC(C)(C)C)C2)ccc1CN(C)C. The van der Waals surface area contributed by atoms with Gasteiger partial charge in [0.25, 0.3) is 0 Å². The monoisotopic (exact) mass is 320 g/mol. The van der Waals surface area contributed by atoms with Gasteiger partial charge in [0, 0.05) is 6.54 Å². The molecule has 0 spiro atoms. The van der Waals surface area contributed by atoms with Crippen molar-refractivity contribution >= 4 is 6.09 Å². The number of rotatable bonds is 4. The van der Waals surface area contributed by atoms with Crippen LogP contribution in [-0.4, -0.2) is 54.8 Å². The molecule has 0 radical (unpaired) electrons. The number of carbonyl (C=O) groups is 1. The van der Waals surface area contributed by atoms with Crippen LogP contribution in [0.4, 0.5) is 4.79 Å². The number of nitrogens with zero attached hydrogens (tertiary/aromatic N) is 2. The predicted molar refractivity (Wildman–Crippen MR) is 90.8 cm³/mol. The van der Waals surface area contributed by atoms with Crippen LogP contribution in [-0.2, 0) is 11.3 Å². The van der Waals surface area contributed by atoms with E-state index in [4.69, 9.17) is 9.47 Å². The Morgan fingerprint density at radius 2 is 1.96 bits per heavy atom. The maximum absolute atomic E-state index is 11.9.